The number of aromatic nitrogens is 2. The first-order chi connectivity index (χ1) is 25.7. The molecule has 4 heterocycles. The minimum absolute atomic E-state index is 0.171. The summed E-state index contributed by atoms with van der Waals surface area (Å²) in [5.74, 6) is -0.797. The van der Waals surface area contributed by atoms with Gasteiger partial charge < -0.3 is 42.1 Å². The zero-order chi connectivity index (χ0) is 39.1. The smallest absolute Gasteiger partial charge is 0.313 e. The molecule has 2 aromatic heterocycles. The lowest BCUT2D eigenvalue weighted by Gasteiger charge is -2.38. The first-order valence-electron chi connectivity index (χ1n) is 18.0. The lowest BCUT2D eigenvalue weighted by Crippen LogP contribution is -2.46. The molecular weight excluding hydrogens is 688 g/mol. The van der Waals surface area contributed by atoms with E-state index in [1.54, 1.807) is 84.3 Å². The molecule has 0 bridgehead atoms. The van der Waals surface area contributed by atoms with Crippen LogP contribution in [0.3, 0.4) is 0 Å². The van der Waals surface area contributed by atoms with Crippen LogP contribution < -0.4 is 22.1 Å². The number of aryl methyl sites for hydroxylation is 2. The van der Waals surface area contributed by atoms with Gasteiger partial charge in [0.15, 0.2) is 0 Å². The van der Waals surface area contributed by atoms with E-state index in [2.05, 4.69) is 34.4 Å². The third-order valence-electron chi connectivity index (χ3n) is 9.85. The highest BCUT2D eigenvalue weighted by Gasteiger charge is 2.35. The maximum atomic E-state index is 12.9. The van der Waals surface area contributed by atoms with Crippen LogP contribution in [-0.4, -0.2) is 66.7 Å². The average Bonchev–Trinajstić information content (AvgIpc) is 3.15. The molecule has 0 spiro atoms. The monoisotopic (exact) mass is 736 g/mol. The van der Waals surface area contributed by atoms with Gasteiger partial charge in [-0.15, -0.1) is 0 Å². The second-order valence-electron chi connectivity index (χ2n) is 14.3. The number of anilines is 4. The molecule has 2 saturated heterocycles. The molecular formula is C40H48N8O6. The molecule has 8 N–H and O–H groups in total. The summed E-state index contributed by atoms with van der Waals surface area (Å²) in [6.07, 6.45) is 6.35. The molecule has 2 fully saturated rings. The zero-order valence-corrected chi connectivity index (χ0v) is 31.0. The number of nitrogens with one attached hydrogen (secondary N) is 2. The van der Waals surface area contributed by atoms with E-state index < -0.39 is 23.6 Å². The second-order valence-corrected chi connectivity index (χ2v) is 14.3. The van der Waals surface area contributed by atoms with E-state index >= 15 is 0 Å². The molecule has 14 nitrogen and oxygen atoms in total. The number of benzene rings is 2. The first-order valence-corrected chi connectivity index (χ1v) is 18.0. The molecule has 0 radical (unpaired) electrons. The third-order valence-corrected chi connectivity index (χ3v) is 9.85. The van der Waals surface area contributed by atoms with Crippen molar-refractivity contribution in [1.82, 2.24) is 19.8 Å². The van der Waals surface area contributed by atoms with Gasteiger partial charge in [-0.1, -0.05) is 38.1 Å². The van der Waals surface area contributed by atoms with Crippen molar-refractivity contribution in [3.63, 3.8) is 0 Å². The summed E-state index contributed by atoms with van der Waals surface area (Å²) in [5.41, 5.74) is 15.5. The molecule has 4 atom stereocenters. The second kappa shape index (κ2) is 17.1. The SMILES string of the molecule is Cc1cc(NC(=O)C(=O)N2C[C@@H](C)CC[C@@H]2c2ccc(O)cc2)cnc1N.Cc1cc(NC(=O)C(=O)N2C[C@H](C)CC[C@H]2c2ccc(O)cc2)cnc1N. The summed E-state index contributed by atoms with van der Waals surface area (Å²) < 4.78 is 0. The zero-order valence-electron chi connectivity index (χ0n) is 31.0. The Bertz CT molecular complexity index is 1840. The minimum Gasteiger partial charge on any atom is -0.508 e. The number of aromatic hydroxyl groups is 2. The molecule has 2 aliphatic rings. The van der Waals surface area contributed by atoms with Crippen LogP contribution in [0.2, 0.25) is 0 Å². The number of hydrogen-bond donors (Lipinski definition) is 6. The van der Waals surface area contributed by atoms with Crippen molar-refractivity contribution in [2.75, 3.05) is 35.2 Å². The summed E-state index contributed by atoms with van der Waals surface area (Å²) >= 11 is 0. The molecule has 0 unspecified atom stereocenters. The number of hydrogen-bond acceptors (Lipinski definition) is 10. The van der Waals surface area contributed by atoms with Gasteiger partial charge in [0.25, 0.3) is 0 Å². The molecule has 4 amide bonds. The Hall–Kier alpha value is -6.18. The van der Waals surface area contributed by atoms with Crippen LogP contribution in [0, 0.1) is 25.7 Å². The topological polar surface area (TPSA) is 217 Å². The van der Waals surface area contributed by atoms with Crippen molar-refractivity contribution < 1.29 is 29.4 Å². The van der Waals surface area contributed by atoms with Crippen molar-refractivity contribution in [2.24, 2.45) is 11.8 Å². The number of rotatable bonds is 4. The van der Waals surface area contributed by atoms with Crippen molar-refractivity contribution in [3.8, 4) is 11.5 Å². The number of carbonyl (C=O) groups is 4. The standard InChI is InChI=1S/2C20H24N4O3/c2*1-12-3-8-17(14-4-6-16(25)7-5-14)24(11-12)20(27)19(26)23-15-9-13(2)18(21)22-10-15/h2*4-7,9-10,12,17,25H,3,8,11H2,1-2H3,(H2,21,22)(H,23,26)/t2*12-,17+/m10/s1. The maximum absolute atomic E-state index is 12.9. The Kier molecular flexibility index (Phi) is 12.4. The highest BCUT2D eigenvalue weighted by atomic mass is 16.3. The number of phenolic OH excluding ortho intramolecular Hbond substituents is 2. The average molecular weight is 737 g/mol. The van der Waals surface area contributed by atoms with Crippen molar-refractivity contribution in [3.05, 3.63) is 95.3 Å². The summed E-state index contributed by atoms with van der Waals surface area (Å²) in [6.45, 7) is 8.73. The Balaban J connectivity index is 0.000000208. The number of piperidine rings is 2. The Morgan fingerprint density at radius 2 is 0.981 bits per heavy atom. The van der Waals surface area contributed by atoms with Gasteiger partial charge >= 0.3 is 23.6 Å². The molecule has 4 aromatic rings. The normalized spacial score (nSPS) is 19.6. The number of carbonyl (C=O) groups excluding carboxylic acids is 4. The highest BCUT2D eigenvalue weighted by Crippen LogP contribution is 2.35. The minimum atomic E-state index is -0.696. The van der Waals surface area contributed by atoms with Crippen molar-refractivity contribution in [1.29, 1.82) is 0 Å². The van der Waals surface area contributed by atoms with Crippen molar-refractivity contribution >= 4 is 46.6 Å². The molecule has 6 rings (SSSR count). The fraction of sp³-hybridized carbons (Fsp3) is 0.350. The van der Waals surface area contributed by atoms with Gasteiger partial charge in [0, 0.05) is 13.1 Å². The Labute approximate surface area is 314 Å². The Morgan fingerprint density at radius 3 is 1.31 bits per heavy atom. The largest absolute Gasteiger partial charge is 0.508 e. The highest BCUT2D eigenvalue weighted by molar-refractivity contribution is 6.40. The van der Waals surface area contributed by atoms with Crippen LogP contribution >= 0.6 is 0 Å². The molecule has 0 aliphatic carbocycles. The van der Waals surface area contributed by atoms with Gasteiger partial charge in [0.1, 0.15) is 23.1 Å². The quantitative estimate of drug-likeness (QED) is 0.150. The van der Waals surface area contributed by atoms with E-state index in [1.807, 2.05) is 0 Å². The van der Waals surface area contributed by atoms with Crippen LogP contribution in [0.1, 0.15) is 73.9 Å². The molecule has 14 heteroatoms. The van der Waals surface area contributed by atoms with Crippen LogP contribution in [0.15, 0.2) is 73.1 Å². The van der Waals surface area contributed by atoms with E-state index in [-0.39, 0.29) is 23.6 Å². The number of nitrogen functional groups attached to an aromatic ring is 2. The number of pyridine rings is 2. The van der Waals surface area contributed by atoms with Crippen LogP contribution in [0.4, 0.5) is 23.0 Å². The molecule has 0 saturated carbocycles. The summed E-state index contributed by atoms with van der Waals surface area (Å²) in [5, 5.41) is 24.2. The predicted octanol–water partition coefficient (Wildman–Crippen LogP) is 5.23. The molecule has 2 aromatic carbocycles. The van der Waals surface area contributed by atoms with E-state index in [0.29, 0.717) is 47.9 Å². The molecule has 54 heavy (non-hydrogen) atoms. The van der Waals surface area contributed by atoms with Gasteiger partial charge in [-0.3, -0.25) is 19.2 Å². The van der Waals surface area contributed by atoms with Crippen LogP contribution in [0.25, 0.3) is 0 Å². The summed E-state index contributed by atoms with van der Waals surface area (Å²) in [4.78, 5) is 62.1. The Morgan fingerprint density at radius 1 is 0.630 bits per heavy atom. The molecule has 2 aliphatic heterocycles. The van der Waals surface area contributed by atoms with Gasteiger partial charge in [0.05, 0.1) is 35.9 Å². The van der Waals surface area contributed by atoms with E-state index in [9.17, 15) is 29.4 Å². The number of amides is 4. The fourth-order valence-corrected chi connectivity index (χ4v) is 6.78. The van der Waals surface area contributed by atoms with Gasteiger partial charge in [-0.25, -0.2) is 9.97 Å². The predicted molar refractivity (Wildman–Crippen MR) is 206 cm³/mol. The van der Waals surface area contributed by atoms with E-state index in [0.717, 1.165) is 47.9 Å². The van der Waals surface area contributed by atoms with Gasteiger partial charge in [0.2, 0.25) is 0 Å². The fourth-order valence-electron chi connectivity index (χ4n) is 6.78. The first kappa shape index (κ1) is 39.0. The van der Waals surface area contributed by atoms with Crippen molar-refractivity contribution in [2.45, 2.75) is 65.5 Å². The third kappa shape index (κ3) is 9.62. The van der Waals surface area contributed by atoms with Crippen LogP contribution in [-0.2, 0) is 19.2 Å². The number of nitrogens with two attached hydrogens (primary N) is 2. The van der Waals surface area contributed by atoms with Gasteiger partial charge in [-0.2, -0.15) is 0 Å². The summed E-state index contributed by atoms with van der Waals surface area (Å²) in [6, 6.07) is 16.5. The number of phenols is 2. The number of likely N-dealkylation sites (tertiary alicyclic amines) is 2. The van der Waals surface area contributed by atoms with Gasteiger partial charge in [-0.05, 0) is 110 Å². The van der Waals surface area contributed by atoms with E-state index in [4.69, 9.17) is 11.5 Å². The lowest BCUT2D eigenvalue weighted by molar-refractivity contribution is -0.146. The lowest BCUT2D eigenvalue weighted by atomic mass is 9.89. The maximum Gasteiger partial charge on any atom is 0.313 e. The van der Waals surface area contributed by atoms with E-state index in [1.165, 1.54) is 12.4 Å². The number of nitrogens with zero attached hydrogens (tertiary/aromatic N) is 4. The molecule has 284 valence electrons. The van der Waals surface area contributed by atoms with Crippen LogP contribution in [0.5, 0.6) is 11.5 Å². The summed E-state index contributed by atoms with van der Waals surface area (Å²) in [7, 11) is 0.